The van der Waals surface area contributed by atoms with Gasteiger partial charge in [0.05, 0.1) is 18.7 Å². The van der Waals surface area contributed by atoms with Crippen molar-refractivity contribution in [2.45, 2.75) is 25.9 Å². The van der Waals surface area contributed by atoms with Crippen molar-refractivity contribution in [3.8, 4) is 0 Å². The van der Waals surface area contributed by atoms with E-state index in [9.17, 15) is 4.79 Å². The molecular weight excluding hydrogens is 266 g/mol. The van der Waals surface area contributed by atoms with Crippen molar-refractivity contribution in [2.24, 2.45) is 0 Å². The van der Waals surface area contributed by atoms with Crippen LogP contribution in [0, 0.1) is 0 Å². The number of carbonyl (C=O) groups is 1. The fourth-order valence-electron chi connectivity index (χ4n) is 2.02. The number of hydrogen-bond donors (Lipinski definition) is 1. The zero-order valence-corrected chi connectivity index (χ0v) is 11.0. The van der Waals surface area contributed by atoms with E-state index in [0.717, 1.165) is 29.7 Å². The number of anilines is 1. The number of aryl methyl sites for hydroxylation is 1. The molecule has 2 aromatic rings. The third-order valence-corrected chi connectivity index (χ3v) is 3.99. The molecule has 0 spiro atoms. The number of aromatic nitrogens is 4. The van der Waals surface area contributed by atoms with Gasteiger partial charge in [0.2, 0.25) is 0 Å². The molecule has 3 heterocycles. The van der Waals surface area contributed by atoms with Gasteiger partial charge in [-0.2, -0.15) is 0 Å². The minimum Gasteiger partial charge on any atom is -0.481 e. The molecule has 0 radical (unpaired) electrons. The number of carboxylic acid groups (broad SMARTS) is 1. The molecule has 2 aromatic heterocycles. The summed E-state index contributed by atoms with van der Waals surface area (Å²) in [5.74, 6) is 0.147. The lowest BCUT2D eigenvalue weighted by Gasteiger charge is -2.26. The highest BCUT2D eigenvalue weighted by Crippen LogP contribution is 2.24. The van der Waals surface area contributed by atoms with E-state index in [1.54, 1.807) is 17.7 Å². The molecular formula is C11H13N5O2S. The molecule has 1 aliphatic heterocycles. The number of nitrogens with zero attached hydrogens (tertiary/aromatic N) is 5. The Morgan fingerprint density at radius 2 is 2.37 bits per heavy atom. The minimum atomic E-state index is -0.791. The molecule has 0 aliphatic carbocycles. The van der Waals surface area contributed by atoms with Crippen LogP contribution in [0.5, 0.6) is 0 Å². The lowest BCUT2D eigenvalue weighted by molar-refractivity contribution is -0.136. The van der Waals surface area contributed by atoms with Crippen molar-refractivity contribution < 1.29 is 9.90 Å². The SMILES string of the molecule is O=C(O)CCc1csc(N2CCn3cnnc3C2)n1. The van der Waals surface area contributed by atoms with Crippen molar-refractivity contribution >= 4 is 22.4 Å². The predicted octanol–water partition coefficient (Wildman–Crippen LogP) is 0.772. The van der Waals surface area contributed by atoms with E-state index in [0.29, 0.717) is 13.0 Å². The summed E-state index contributed by atoms with van der Waals surface area (Å²) >= 11 is 1.55. The smallest absolute Gasteiger partial charge is 0.303 e. The fourth-order valence-corrected chi connectivity index (χ4v) is 2.91. The van der Waals surface area contributed by atoms with E-state index in [1.807, 2.05) is 9.95 Å². The summed E-state index contributed by atoms with van der Waals surface area (Å²) in [5.41, 5.74) is 0.842. The Labute approximate surface area is 113 Å². The standard InChI is InChI=1S/C11H13N5O2S/c17-10(18)2-1-8-6-19-11(13-8)15-3-4-16-7-12-14-9(16)5-15/h6-7H,1-5H2,(H,17,18). The van der Waals surface area contributed by atoms with Crippen LogP contribution in [0.2, 0.25) is 0 Å². The van der Waals surface area contributed by atoms with Gasteiger partial charge in [-0.3, -0.25) is 4.79 Å². The fraction of sp³-hybridized carbons (Fsp3) is 0.455. The van der Waals surface area contributed by atoms with Crippen LogP contribution in [0.15, 0.2) is 11.7 Å². The molecule has 0 saturated heterocycles. The van der Waals surface area contributed by atoms with E-state index in [-0.39, 0.29) is 6.42 Å². The Bertz CT molecular complexity index is 593. The van der Waals surface area contributed by atoms with Crippen LogP contribution in [0.1, 0.15) is 17.9 Å². The van der Waals surface area contributed by atoms with Crippen LogP contribution in [0.4, 0.5) is 5.13 Å². The maximum Gasteiger partial charge on any atom is 0.303 e. The second-order valence-corrected chi connectivity index (χ2v) is 5.21. The molecule has 19 heavy (non-hydrogen) atoms. The Morgan fingerprint density at radius 3 is 3.21 bits per heavy atom. The molecule has 1 aliphatic rings. The summed E-state index contributed by atoms with van der Waals surface area (Å²) in [6, 6.07) is 0. The third-order valence-electron chi connectivity index (χ3n) is 3.04. The summed E-state index contributed by atoms with van der Waals surface area (Å²) in [4.78, 5) is 17.2. The van der Waals surface area contributed by atoms with Crippen molar-refractivity contribution in [1.29, 1.82) is 0 Å². The second-order valence-electron chi connectivity index (χ2n) is 4.38. The first-order valence-corrected chi connectivity index (χ1v) is 6.88. The zero-order chi connectivity index (χ0) is 13.2. The molecule has 0 fully saturated rings. The van der Waals surface area contributed by atoms with Crippen molar-refractivity contribution in [3.63, 3.8) is 0 Å². The maximum atomic E-state index is 10.5. The van der Waals surface area contributed by atoms with Gasteiger partial charge in [-0.05, 0) is 0 Å². The number of carboxylic acids is 1. The highest BCUT2D eigenvalue weighted by Gasteiger charge is 2.20. The van der Waals surface area contributed by atoms with Gasteiger partial charge in [0.1, 0.15) is 6.33 Å². The Kier molecular flexibility index (Phi) is 3.16. The first-order valence-electron chi connectivity index (χ1n) is 6.00. The van der Waals surface area contributed by atoms with Gasteiger partial charge in [0.15, 0.2) is 11.0 Å². The van der Waals surface area contributed by atoms with Crippen LogP contribution in [0.3, 0.4) is 0 Å². The Balaban J connectivity index is 1.68. The molecule has 100 valence electrons. The average molecular weight is 279 g/mol. The van der Waals surface area contributed by atoms with Gasteiger partial charge >= 0.3 is 5.97 Å². The zero-order valence-electron chi connectivity index (χ0n) is 10.2. The van der Waals surface area contributed by atoms with Gasteiger partial charge in [0, 0.05) is 24.9 Å². The summed E-state index contributed by atoms with van der Waals surface area (Å²) in [7, 11) is 0. The molecule has 3 rings (SSSR count). The molecule has 0 saturated carbocycles. The molecule has 0 bridgehead atoms. The first kappa shape index (κ1) is 12.1. The topological polar surface area (TPSA) is 84.1 Å². The molecule has 7 nitrogen and oxygen atoms in total. The predicted molar refractivity (Wildman–Crippen MR) is 69.1 cm³/mol. The van der Waals surface area contributed by atoms with Crippen LogP contribution in [0.25, 0.3) is 0 Å². The molecule has 0 atom stereocenters. The number of fused-ring (bicyclic) bond motifs is 1. The Morgan fingerprint density at radius 1 is 1.47 bits per heavy atom. The minimum absolute atomic E-state index is 0.123. The van der Waals surface area contributed by atoms with Crippen LogP contribution < -0.4 is 4.90 Å². The number of hydrogen-bond acceptors (Lipinski definition) is 6. The third kappa shape index (κ3) is 2.58. The van der Waals surface area contributed by atoms with E-state index >= 15 is 0 Å². The largest absolute Gasteiger partial charge is 0.481 e. The summed E-state index contributed by atoms with van der Waals surface area (Å²) < 4.78 is 2.04. The van der Waals surface area contributed by atoms with E-state index < -0.39 is 5.97 Å². The monoisotopic (exact) mass is 279 g/mol. The highest BCUT2D eigenvalue weighted by atomic mass is 32.1. The molecule has 0 aromatic carbocycles. The lowest BCUT2D eigenvalue weighted by atomic mass is 10.2. The van der Waals surface area contributed by atoms with E-state index in [2.05, 4.69) is 20.1 Å². The van der Waals surface area contributed by atoms with Gasteiger partial charge in [-0.25, -0.2) is 4.98 Å². The van der Waals surface area contributed by atoms with Crippen molar-refractivity contribution in [2.75, 3.05) is 11.4 Å². The maximum absolute atomic E-state index is 10.5. The average Bonchev–Trinajstić information content (AvgIpc) is 3.04. The molecule has 1 N–H and O–H groups in total. The molecule has 8 heteroatoms. The quantitative estimate of drug-likeness (QED) is 0.890. The number of aliphatic carboxylic acids is 1. The molecule has 0 unspecified atom stereocenters. The van der Waals surface area contributed by atoms with E-state index in [4.69, 9.17) is 5.11 Å². The summed E-state index contributed by atoms with van der Waals surface area (Å²) in [5, 5.41) is 19.5. The normalized spacial score (nSPS) is 14.4. The lowest BCUT2D eigenvalue weighted by Crippen LogP contribution is -2.33. The van der Waals surface area contributed by atoms with E-state index in [1.165, 1.54) is 0 Å². The second kappa shape index (κ2) is 4.96. The van der Waals surface area contributed by atoms with Gasteiger partial charge in [-0.1, -0.05) is 0 Å². The van der Waals surface area contributed by atoms with Gasteiger partial charge < -0.3 is 14.6 Å². The summed E-state index contributed by atoms with van der Waals surface area (Å²) in [6.07, 6.45) is 2.35. The Hall–Kier alpha value is -1.96. The van der Waals surface area contributed by atoms with Crippen molar-refractivity contribution in [1.82, 2.24) is 19.7 Å². The molecule has 0 amide bonds. The van der Waals surface area contributed by atoms with Crippen molar-refractivity contribution in [3.05, 3.63) is 23.2 Å². The van der Waals surface area contributed by atoms with Gasteiger partial charge in [-0.15, -0.1) is 21.5 Å². The van der Waals surface area contributed by atoms with Gasteiger partial charge in [0.25, 0.3) is 0 Å². The number of rotatable bonds is 4. The summed E-state index contributed by atoms with van der Waals surface area (Å²) in [6.45, 7) is 2.43. The van der Waals surface area contributed by atoms with Crippen LogP contribution in [-0.2, 0) is 24.3 Å². The van der Waals surface area contributed by atoms with Crippen LogP contribution >= 0.6 is 11.3 Å². The van der Waals surface area contributed by atoms with Crippen LogP contribution in [-0.4, -0.2) is 37.4 Å². The number of thiazole rings is 1. The highest BCUT2D eigenvalue weighted by molar-refractivity contribution is 7.13. The first-order chi connectivity index (χ1) is 9.22.